The van der Waals surface area contributed by atoms with E-state index >= 15 is 0 Å². The Balaban J connectivity index is 1.80. The summed E-state index contributed by atoms with van der Waals surface area (Å²) in [5, 5.41) is 12.7. The van der Waals surface area contributed by atoms with Gasteiger partial charge in [0.05, 0.1) is 25.4 Å². The standard InChI is InChI=1S/C13H15N3O4S/c17-6-5-16-8-10(7-14-16)21(18,19)15-12-9-20-13-4-2-1-3-11(12)13/h1-4,7-8,12,15,17H,5-6,9H2. The molecule has 0 saturated carbocycles. The Morgan fingerprint density at radius 1 is 1.43 bits per heavy atom. The van der Waals surface area contributed by atoms with E-state index in [4.69, 9.17) is 9.84 Å². The predicted octanol–water partition coefficient (Wildman–Crippen LogP) is 0.287. The molecule has 2 aromatic rings. The highest BCUT2D eigenvalue weighted by Gasteiger charge is 2.29. The third kappa shape index (κ3) is 2.78. The third-order valence-electron chi connectivity index (χ3n) is 3.25. The van der Waals surface area contributed by atoms with Gasteiger partial charge in [0.2, 0.25) is 10.0 Å². The number of aromatic nitrogens is 2. The smallest absolute Gasteiger partial charge is 0.244 e. The second-order valence-electron chi connectivity index (χ2n) is 4.69. The minimum Gasteiger partial charge on any atom is -0.491 e. The number of sulfonamides is 1. The molecule has 0 aliphatic carbocycles. The van der Waals surface area contributed by atoms with Crippen LogP contribution < -0.4 is 9.46 Å². The molecule has 0 fully saturated rings. The molecule has 7 nitrogen and oxygen atoms in total. The molecule has 0 bridgehead atoms. The number of nitrogens with one attached hydrogen (secondary N) is 1. The van der Waals surface area contributed by atoms with Crippen molar-refractivity contribution in [3.05, 3.63) is 42.2 Å². The molecule has 8 heteroatoms. The number of para-hydroxylation sites is 1. The fourth-order valence-corrected chi connectivity index (χ4v) is 3.38. The summed E-state index contributed by atoms with van der Waals surface area (Å²) in [6.45, 7) is 0.423. The Morgan fingerprint density at radius 2 is 2.24 bits per heavy atom. The summed E-state index contributed by atoms with van der Waals surface area (Å²) in [4.78, 5) is 0.0698. The van der Waals surface area contributed by atoms with E-state index in [1.807, 2.05) is 24.3 Å². The fourth-order valence-electron chi connectivity index (χ4n) is 2.22. The quantitative estimate of drug-likeness (QED) is 0.828. The van der Waals surface area contributed by atoms with Crippen molar-refractivity contribution in [3.8, 4) is 5.75 Å². The lowest BCUT2D eigenvalue weighted by Gasteiger charge is -2.10. The summed E-state index contributed by atoms with van der Waals surface area (Å²) in [6, 6.07) is 6.92. The maximum Gasteiger partial charge on any atom is 0.244 e. The average Bonchev–Trinajstić information content (AvgIpc) is 3.07. The monoisotopic (exact) mass is 309 g/mol. The number of ether oxygens (including phenoxy) is 1. The van der Waals surface area contributed by atoms with Crippen molar-refractivity contribution in [2.75, 3.05) is 13.2 Å². The highest BCUT2D eigenvalue weighted by atomic mass is 32.2. The molecule has 1 aliphatic rings. The molecule has 0 saturated heterocycles. The molecular weight excluding hydrogens is 294 g/mol. The number of benzene rings is 1. The van der Waals surface area contributed by atoms with Crippen LogP contribution in [-0.2, 0) is 16.6 Å². The maximum absolute atomic E-state index is 12.3. The number of aliphatic hydroxyl groups excluding tert-OH is 1. The number of rotatable bonds is 5. The Bertz CT molecular complexity index is 741. The fraction of sp³-hybridized carbons (Fsp3) is 0.308. The molecule has 0 amide bonds. The van der Waals surface area contributed by atoms with E-state index in [-0.39, 0.29) is 24.7 Å². The Morgan fingerprint density at radius 3 is 3.05 bits per heavy atom. The zero-order chi connectivity index (χ0) is 14.9. The van der Waals surface area contributed by atoms with Gasteiger partial charge in [-0.1, -0.05) is 18.2 Å². The molecule has 1 aromatic heterocycles. The van der Waals surface area contributed by atoms with Crippen LogP contribution in [0.1, 0.15) is 11.6 Å². The molecule has 2 heterocycles. The Hall–Kier alpha value is -1.90. The van der Waals surface area contributed by atoms with Crippen LogP contribution in [0.25, 0.3) is 0 Å². The lowest BCUT2D eigenvalue weighted by atomic mass is 10.1. The summed E-state index contributed by atoms with van der Waals surface area (Å²) in [5.74, 6) is 0.696. The molecule has 112 valence electrons. The van der Waals surface area contributed by atoms with Crippen LogP contribution in [0.4, 0.5) is 0 Å². The molecule has 3 rings (SSSR count). The van der Waals surface area contributed by atoms with E-state index in [0.29, 0.717) is 5.75 Å². The number of hydrogen-bond donors (Lipinski definition) is 2. The highest BCUT2D eigenvalue weighted by Crippen LogP contribution is 2.32. The van der Waals surface area contributed by atoms with E-state index in [2.05, 4.69) is 9.82 Å². The van der Waals surface area contributed by atoms with Crippen LogP contribution in [-0.4, -0.2) is 36.5 Å². The molecule has 1 aliphatic heterocycles. The van der Waals surface area contributed by atoms with Crippen LogP contribution >= 0.6 is 0 Å². The first kappa shape index (κ1) is 14.1. The van der Waals surface area contributed by atoms with Crippen molar-refractivity contribution in [2.24, 2.45) is 0 Å². The molecule has 0 spiro atoms. The number of hydrogen-bond acceptors (Lipinski definition) is 5. The van der Waals surface area contributed by atoms with Gasteiger partial charge in [0.1, 0.15) is 17.3 Å². The highest BCUT2D eigenvalue weighted by molar-refractivity contribution is 7.89. The molecule has 1 unspecified atom stereocenters. The van der Waals surface area contributed by atoms with Gasteiger partial charge in [0, 0.05) is 11.8 Å². The van der Waals surface area contributed by atoms with Crippen molar-refractivity contribution in [2.45, 2.75) is 17.5 Å². The number of nitrogens with zero attached hydrogens (tertiary/aromatic N) is 2. The van der Waals surface area contributed by atoms with Crippen molar-refractivity contribution >= 4 is 10.0 Å². The van der Waals surface area contributed by atoms with Crippen LogP contribution in [0, 0.1) is 0 Å². The second-order valence-corrected chi connectivity index (χ2v) is 6.40. The van der Waals surface area contributed by atoms with E-state index in [1.54, 1.807) is 0 Å². The molecule has 21 heavy (non-hydrogen) atoms. The van der Waals surface area contributed by atoms with Gasteiger partial charge in [0.25, 0.3) is 0 Å². The first-order valence-corrected chi connectivity index (χ1v) is 7.96. The van der Waals surface area contributed by atoms with Crippen molar-refractivity contribution in [1.29, 1.82) is 0 Å². The van der Waals surface area contributed by atoms with Gasteiger partial charge in [0.15, 0.2) is 0 Å². The Kier molecular flexibility index (Phi) is 3.66. The van der Waals surface area contributed by atoms with Gasteiger partial charge in [-0.3, -0.25) is 4.68 Å². The number of fused-ring (bicyclic) bond motifs is 1. The van der Waals surface area contributed by atoms with Gasteiger partial charge in [-0.15, -0.1) is 0 Å². The van der Waals surface area contributed by atoms with E-state index in [1.165, 1.54) is 17.1 Å². The lowest BCUT2D eigenvalue weighted by Crippen LogP contribution is -2.29. The lowest BCUT2D eigenvalue weighted by molar-refractivity contribution is 0.269. The van der Waals surface area contributed by atoms with Crippen LogP contribution in [0.2, 0.25) is 0 Å². The van der Waals surface area contributed by atoms with Crippen LogP contribution in [0.15, 0.2) is 41.6 Å². The van der Waals surface area contributed by atoms with E-state index in [9.17, 15) is 8.42 Å². The summed E-state index contributed by atoms with van der Waals surface area (Å²) in [7, 11) is -3.68. The normalized spacial score (nSPS) is 17.5. The topological polar surface area (TPSA) is 93.5 Å². The van der Waals surface area contributed by atoms with Crippen LogP contribution in [0.5, 0.6) is 5.75 Å². The minimum atomic E-state index is -3.68. The first-order valence-electron chi connectivity index (χ1n) is 6.47. The SMILES string of the molecule is O=S(=O)(NC1COc2ccccc21)c1cnn(CCO)c1. The predicted molar refractivity (Wildman–Crippen MR) is 74.3 cm³/mol. The molecule has 1 atom stereocenters. The van der Waals surface area contributed by atoms with Gasteiger partial charge < -0.3 is 9.84 Å². The Labute approximate surface area is 122 Å². The summed E-state index contributed by atoms with van der Waals surface area (Å²) >= 11 is 0. The molecule has 0 radical (unpaired) electrons. The molecule has 2 N–H and O–H groups in total. The van der Waals surface area contributed by atoms with Gasteiger partial charge in [-0.05, 0) is 6.07 Å². The van der Waals surface area contributed by atoms with Crippen LogP contribution in [0.3, 0.4) is 0 Å². The first-order chi connectivity index (χ1) is 10.1. The van der Waals surface area contributed by atoms with E-state index in [0.717, 1.165) is 5.56 Å². The van der Waals surface area contributed by atoms with Gasteiger partial charge >= 0.3 is 0 Å². The summed E-state index contributed by atoms with van der Waals surface area (Å²) in [5.41, 5.74) is 0.823. The zero-order valence-electron chi connectivity index (χ0n) is 11.1. The molecular formula is C13H15N3O4S. The van der Waals surface area contributed by atoms with Gasteiger partial charge in [-0.2, -0.15) is 9.82 Å². The van der Waals surface area contributed by atoms with Gasteiger partial charge in [-0.25, -0.2) is 8.42 Å². The minimum absolute atomic E-state index is 0.0698. The number of aliphatic hydroxyl groups is 1. The van der Waals surface area contributed by atoms with Crippen molar-refractivity contribution in [3.63, 3.8) is 0 Å². The summed E-state index contributed by atoms with van der Waals surface area (Å²) in [6.07, 6.45) is 2.65. The largest absolute Gasteiger partial charge is 0.491 e. The molecule has 1 aromatic carbocycles. The van der Waals surface area contributed by atoms with Crippen molar-refractivity contribution < 1.29 is 18.3 Å². The summed E-state index contributed by atoms with van der Waals surface area (Å²) < 4.78 is 34.1. The second kappa shape index (κ2) is 5.47. The zero-order valence-corrected chi connectivity index (χ0v) is 12.0. The van der Waals surface area contributed by atoms with Crippen molar-refractivity contribution in [1.82, 2.24) is 14.5 Å². The van der Waals surface area contributed by atoms with E-state index < -0.39 is 16.1 Å². The average molecular weight is 309 g/mol. The third-order valence-corrected chi connectivity index (χ3v) is 4.67. The maximum atomic E-state index is 12.3.